The van der Waals surface area contributed by atoms with Crippen LogP contribution in [0.25, 0.3) is 5.65 Å². The number of ether oxygens (including phenoxy) is 2. The van der Waals surface area contributed by atoms with Crippen molar-refractivity contribution in [2.75, 3.05) is 14.2 Å². The molecule has 0 saturated heterocycles. The molecular formula is C10H11N3O4. The molecule has 2 aromatic heterocycles. The number of nitrogens with one attached hydrogen (secondary N) is 1. The van der Waals surface area contributed by atoms with E-state index in [1.165, 1.54) is 31.0 Å². The monoisotopic (exact) mass is 237 g/mol. The van der Waals surface area contributed by atoms with Gasteiger partial charge in [-0.2, -0.15) is 0 Å². The highest BCUT2D eigenvalue weighted by molar-refractivity contribution is 5.95. The van der Waals surface area contributed by atoms with Gasteiger partial charge in [0.1, 0.15) is 5.56 Å². The van der Waals surface area contributed by atoms with Crippen LogP contribution in [0.4, 0.5) is 0 Å². The molecule has 2 aromatic rings. The maximum Gasteiger partial charge on any atom is 0.343 e. The fourth-order valence-corrected chi connectivity index (χ4v) is 1.51. The molecule has 0 radical (unpaired) electrons. The van der Waals surface area contributed by atoms with Crippen molar-refractivity contribution in [2.24, 2.45) is 0 Å². The molecule has 0 spiro atoms. The van der Waals surface area contributed by atoms with E-state index in [-0.39, 0.29) is 23.4 Å². The molecule has 0 aromatic carbocycles. The number of rotatable bonds is 3. The number of carbonyl (C=O) groups excluding carboxylic acids is 1. The van der Waals surface area contributed by atoms with E-state index in [0.29, 0.717) is 5.69 Å². The Morgan fingerprint density at radius 3 is 2.94 bits per heavy atom. The Balaban J connectivity index is 2.65. The smallest absolute Gasteiger partial charge is 0.343 e. The summed E-state index contributed by atoms with van der Waals surface area (Å²) >= 11 is 0. The molecule has 17 heavy (non-hydrogen) atoms. The van der Waals surface area contributed by atoms with Crippen molar-refractivity contribution in [2.45, 2.75) is 6.61 Å². The van der Waals surface area contributed by atoms with Crippen LogP contribution >= 0.6 is 0 Å². The van der Waals surface area contributed by atoms with Gasteiger partial charge < -0.3 is 9.47 Å². The van der Waals surface area contributed by atoms with E-state index in [1.54, 1.807) is 0 Å². The minimum atomic E-state index is -0.551. The molecule has 0 aliphatic rings. The average molecular weight is 237 g/mol. The van der Waals surface area contributed by atoms with Gasteiger partial charge in [0.05, 0.1) is 19.4 Å². The number of fused-ring (bicyclic) bond motifs is 1. The van der Waals surface area contributed by atoms with Gasteiger partial charge in [-0.3, -0.25) is 9.89 Å². The second-order valence-electron chi connectivity index (χ2n) is 3.36. The Labute approximate surface area is 96.0 Å². The van der Waals surface area contributed by atoms with Crippen LogP contribution in [-0.2, 0) is 16.1 Å². The van der Waals surface area contributed by atoms with E-state index >= 15 is 0 Å². The lowest BCUT2D eigenvalue weighted by atomic mass is 10.3. The first-order valence-corrected chi connectivity index (χ1v) is 4.84. The lowest BCUT2D eigenvalue weighted by Gasteiger charge is -2.00. The van der Waals surface area contributed by atoms with Crippen molar-refractivity contribution in [3.05, 3.63) is 33.9 Å². The van der Waals surface area contributed by atoms with Gasteiger partial charge in [-0.25, -0.2) is 14.3 Å². The highest BCUT2D eigenvalue weighted by Gasteiger charge is 2.15. The maximum absolute atomic E-state index is 11.7. The normalized spacial score (nSPS) is 10.7. The van der Waals surface area contributed by atoms with E-state index in [1.807, 2.05) is 0 Å². The second-order valence-corrected chi connectivity index (χ2v) is 3.36. The van der Waals surface area contributed by atoms with Crippen LogP contribution in [0.1, 0.15) is 16.1 Å². The summed E-state index contributed by atoms with van der Waals surface area (Å²) in [5.74, 6) is -0.551. The summed E-state index contributed by atoms with van der Waals surface area (Å²) in [7, 11) is 2.77. The Hall–Kier alpha value is -2.15. The summed E-state index contributed by atoms with van der Waals surface area (Å²) in [5.41, 5.74) is 0.596. The highest BCUT2D eigenvalue weighted by Crippen LogP contribution is 2.08. The van der Waals surface area contributed by atoms with Crippen molar-refractivity contribution in [1.82, 2.24) is 14.6 Å². The first-order valence-electron chi connectivity index (χ1n) is 4.84. The Morgan fingerprint density at radius 2 is 2.29 bits per heavy atom. The van der Waals surface area contributed by atoms with E-state index in [2.05, 4.69) is 14.8 Å². The summed E-state index contributed by atoms with van der Waals surface area (Å²) in [5, 5.41) is 2.64. The molecule has 0 atom stereocenters. The van der Waals surface area contributed by atoms with Crippen LogP contribution in [0.3, 0.4) is 0 Å². The van der Waals surface area contributed by atoms with Gasteiger partial charge in [0.25, 0.3) is 5.56 Å². The topological polar surface area (TPSA) is 85.7 Å². The molecule has 0 unspecified atom stereocenters. The zero-order valence-electron chi connectivity index (χ0n) is 9.39. The predicted molar refractivity (Wildman–Crippen MR) is 57.9 cm³/mol. The third-order valence-corrected chi connectivity index (χ3v) is 2.25. The summed E-state index contributed by atoms with van der Waals surface area (Å²) in [6, 6.07) is 1.34. The van der Waals surface area contributed by atoms with Crippen LogP contribution in [0.5, 0.6) is 0 Å². The lowest BCUT2D eigenvalue weighted by Crippen LogP contribution is -2.16. The molecule has 0 fully saturated rings. The standard InChI is InChI=1S/C10H11N3O4/c1-16-5-6-3-8(14)13-9(12-6)7(4-11-13)10(15)17-2/h3-4,11H,5H2,1-2H3. The fourth-order valence-electron chi connectivity index (χ4n) is 1.51. The van der Waals surface area contributed by atoms with Crippen molar-refractivity contribution in [3.63, 3.8) is 0 Å². The summed E-state index contributed by atoms with van der Waals surface area (Å²) in [6.45, 7) is 0.206. The number of aromatic amines is 1. The fraction of sp³-hybridized carbons (Fsp3) is 0.300. The average Bonchev–Trinajstić information content (AvgIpc) is 2.73. The molecule has 0 bridgehead atoms. The number of carbonyl (C=O) groups is 1. The molecule has 0 amide bonds. The Morgan fingerprint density at radius 1 is 1.53 bits per heavy atom. The Bertz CT molecular complexity index is 614. The van der Waals surface area contributed by atoms with Gasteiger partial charge in [0.2, 0.25) is 0 Å². The molecule has 1 N–H and O–H groups in total. The van der Waals surface area contributed by atoms with Crippen LogP contribution in [0, 0.1) is 0 Å². The van der Waals surface area contributed by atoms with Gasteiger partial charge >= 0.3 is 5.97 Å². The molecule has 0 saturated carbocycles. The molecule has 90 valence electrons. The minimum Gasteiger partial charge on any atom is -0.465 e. The van der Waals surface area contributed by atoms with Gasteiger partial charge in [0, 0.05) is 19.4 Å². The van der Waals surface area contributed by atoms with E-state index < -0.39 is 5.97 Å². The zero-order chi connectivity index (χ0) is 12.4. The number of methoxy groups -OCH3 is 2. The maximum atomic E-state index is 11.7. The molecule has 7 nitrogen and oxygen atoms in total. The number of esters is 1. The number of hydrogen-bond donors (Lipinski definition) is 1. The molecule has 0 aliphatic carbocycles. The summed E-state index contributed by atoms with van der Waals surface area (Å²) in [6.07, 6.45) is 1.38. The molecule has 2 heterocycles. The number of aromatic nitrogens is 3. The van der Waals surface area contributed by atoms with Gasteiger partial charge in [-0.1, -0.05) is 0 Å². The largest absolute Gasteiger partial charge is 0.465 e. The number of hydrogen-bond acceptors (Lipinski definition) is 5. The SMILES string of the molecule is COCc1cc(=O)n2[nH]cc(C(=O)OC)c2n1. The molecule has 7 heteroatoms. The van der Waals surface area contributed by atoms with E-state index in [0.717, 1.165) is 0 Å². The van der Waals surface area contributed by atoms with Crippen LogP contribution in [0.15, 0.2) is 17.1 Å². The number of H-pyrrole nitrogens is 1. The van der Waals surface area contributed by atoms with E-state index in [4.69, 9.17) is 4.74 Å². The van der Waals surface area contributed by atoms with Crippen molar-refractivity contribution in [1.29, 1.82) is 0 Å². The Kier molecular flexibility index (Phi) is 2.92. The summed E-state index contributed by atoms with van der Waals surface area (Å²) < 4.78 is 10.7. The van der Waals surface area contributed by atoms with E-state index in [9.17, 15) is 9.59 Å². The molecule has 0 aliphatic heterocycles. The van der Waals surface area contributed by atoms with Crippen molar-refractivity contribution in [3.8, 4) is 0 Å². The molecule has 2 rings (SSSR count). The quantitative estimate of drug-likeness (QED) is 0.757. The first kappa shape index (κ1) is 11.3. The van der Waals surface area contributed by atoms with Gasteiger partial charge in [0.15, 0.2) is 5.65 Å². The zero-order valence-corrected chi connectivity index (χ0v) is 9.39. The van der Waals surface area contributed by atoms with Crippen molar-refractivity contribution >= 4 is 11.6 Å². The number of nitrogens with zero attached hydrogens (tertiary/aromatic N) is 2. The predicted octanol–water partition coefficient (Wildman–Crippen LogP) is -0.0444. The van der Waals surface area contributed by atoms with Gasteiger partial charge in [-0.15, -0.1) is 0 Å². The lowest BCUT2D eigenvalue weighted by molar-refractivity contribution is 0.0602. The van der Waals surface area contributed by atoms with Gasteiger partial charge in [-0.05, 0) is 0 Å². The first-order chi connectivity index (χ1) is 8.17. The van der Waals surface area contributed by atoms with Crippen LogP contribution in [-0.4, -0.2) is 34.8 Å². The third-order valence-electron chi connectivity index (χ3n) is 2.25. The summed E-state index contributed by atoms with van der Waals surface area (Å²) in [4.78, 5) is 27.3. The highest BCUT2D eigenvalue weighted by atomic mass is 16.5. The third kappa shape index (κ3) is 1.92. The second kappa shape index (κ2) is 4.38. The van der Waals surface area contributed by atoms with Crippen LogP contribution in [0.2, 0.25) is 0 Å². The minimum absolute atomic E-state index is 0.206. The van der Waals surface area contributed by atoms with Crippen LogP contribution < -0.4 is 5.56 Å². The van der Waals surface area contributed by atoms with Crippen molar-refractivity contribution < 1.29 is 14.3 Å². The molecular weight excluding hydrogens is 226 g/mol.